The Balaban J connectivity index is 1.52. The zero-order chi connectivity index (χ0) is 26.4. The summed E-state index contributed by atoms with van der Waals surface area (Å²) in [7, 11) is -2.54. The third-order valence-electron chi connectivity index (χ3n) is 6.65. The highest BCUT2D eigenvalue weighted by Crippen LogP contribution is 2.33. The first-order chi connectivity index (χ1) is 17.8. The fourth-order valence-electron chi connectivity index (χ4n) is 4.50. The number of anilines is 2. The van der Waals surface area contributed by atoms with Gasteiger partial charge in [-0.3, -0.25) is 9.10 Å². The van der Waals surface area contributed by atoms with Gasteiger partial charge in [-0.2, -0.15) is 0 Å². The first-order valence-corrected chi connectivity index (χ1v) is 14.1. The van der Waals surface area contributed by atoms with Crippen LogP contribution < -0.4 is 19.3 Å². The van der Waals surface area contributed by atoms with Gasteiger partial charge in [0.05, 0.1) is 17.7 Å². The molecule has 0 spiro atoms. The average Bonchev–Trinajstić information content (AvgIpc) is 2.91. The van der Waals surface area contributed by atoms with Crippen LogP contribution in [0.2, 0.25) is 0 Å². The molecule has 1 aliphatic rings. The summed E-state index contributed by atoms with van der Waals surface area (Å²) >= 11 is 0. The van der Waals surface area contributed by atoms with Gasteiger partial charge in [0, 0.05) is 25.3 Å². The van der Waals surface area contributed by atoms with Gasteiger partial charge in [-0.1, -0.05) is 35.9 Å². The molecule has 0 aromatic heterocycles. The first kappa shape index (κ1) is 26.5. The van der Waals surface area contributed by atoms with E-state index < -0.39 is 15.9 Å². The van der Waals surface area contributed by atoms with Crippen LogP contribution in [-0.2, 0) is 21.4 Å². The lowest BCUT2D eigenvalue weighted by Crippen LogP contribution is -2.41. The standard InChI is InChI=1S/C29H35N3O4S/c1-22-7-14-26(15-8-22)37(34,35)32(27-19-23(2)9-16-28(27)36-3)21-29(33)30-20-24-10-12-25(13-11-24)31-17-5-4-6-18-31/h7-16,19H,4-6,17-18,20-21H2,1-3H3,(H,30,33). The number of piperidine rings is 1. The third kappa shape index (κ3) is 6.43. The number of methoxy groups -OCH3 is 1. The minimum Gasteiger partial charge on any atom is -0.495 e. The molecule has 7 nitrogen and oxygen atoms in total. The molecule has 4 rings (SSSR count). The number of ether oxygens (including phenoxy) is 1. The molecule has 1 saturated heterocycles. The monoisotopic (exact) mass is 521 g/mol. The Labute approximate surface area is 220 Å². The Bertz CT molecular complexity index is 1320. The normalized spacial score (nSPS) is 13.8. The van der Waals surface area contributed by atoms with Crippen LogP contribution >= 0.6 is 0 Å². The molecule has 3 aromatic carbocycles. The SMILES string of the molecule is COc1ccc(C)cc1N(CC(=O)NCc1ccc(N2CCCCC2)cc1)S(=O)(=O)c1ccc(C)cc1. The number of nitrogens with one attached hydrogen (secondary N) is 1. The molecule has 0 unspecified atom stereocenters. The van der Waals surface area contributed by atoms with E-state index in [-0.39, 0.29) is 11.4 Å². The summed E-state index contributed by atoms with van der Waals surface area (Å²) in [6.07, 6.45) is 3.71. The van der Waals surface area contributed by atoms with Crippen molar-refractivity contribution in [3.8, 4) is 5.75 Å². The molecule has 37 heavy (non-hydrogen) atoms. The van der Waals surface area contributed by atoms with Crippen LogP contribution in [0.5, 0.6) is 5.75 Å². The fraction of sp³-hybridized carbons (Fsp3) is 0.345. The van der Waals surface area contributed by atoms with Crippen LogP contribution in [0.15, 0.2) is 71.6 Å². The summed E-state index contributed by atoms with van der Waals surface area (Å²) in [4.78, 5) is 15.6. The fourth-order valence-corrected chi connectivity index (χ4v) is 5.92. The molecule has 0 atom stereocenters. The van der Waals surface area contributed by atoms with Crippen molar-refractivity contribution >= 4 is 27.3 Å². The van der Waals surface area contributed by atoms with E-state index in [1.807, 2.05) is 32.0 Å². The van der Waals surface area contributed by atoms with E-state index >= 15 is 0 Å². The predicted octanol–water partition coefficient (Wildman–Crippen LogP) is 4.81. The second-order valence-electron chi connectivity index (χ2n) is 9.49. The summed E-state index contributed by atoms with van der Waals surface area (Å²) in [5, 5.41) is 2.88. The maximum absolute atomic E-state index is 13.7. The molecule has 1 amide bonds. The highest BCUT2D eigenvalue weighted by atomic mass is 32.2. The molecular formula is C29H35N3O4S. The molecule has 196 valence electrons. The lowest BCUT2D eigenvalue weighted by atomic mass is 10.1. The number of carbonyl (C=O) groups is 1. The minimum absolute atomic E-state index is 0.114. The lowest BCUT2D eigenvalue weighted by molar-refractivity contribution is -0.119. The number of hydrogen-bond acceptors (Lipinski definition) is 5. The summed E-state index contributed by atoms with van der Waals surface area (Å²) in [5.41, 5.74) is 4.27. The van der Waals surface area contributed by atoms with Gasteiger partial charge in [0.25, 0.3) is 10.0 Å². The molecule has 0 aliphatic carbocycles. The molecule has 0 bridgehead atoms. The Kier molecular flexibility index (Phi) is 8.38. The van der Waals surface area contributed by atoms with E-state index in [4.69, 9.17) is 4.74 Å². The second kappa shape index (κ2) is 11.7. The summed E-state index contributed by atoms with van der Waals surface area (Å²) in [6.45, 7) is 5.84. The smallest absolute Gasteiger partial charge is 0.264 e. The number of aryl methyl sites for hydroxylation is 2. The zero-order valence-electron chi connectivity index (χ0n) is 21.7. The van der Waals surface area contributed by atoms with Gasteiger partial charge < -0.3 is 15.0 Å². The van der Waals surface area contributed by atoms with Crippen LogP contribution in [0.3, 0.4) is 0 Å². The molecule has 1 fully saturated rings. The number of benzene rings is 3. The number of carbonyl (C=O) groups excluding carboxylic acids is 1. The topological polar surface area (TPSA) is 79.0 Å². The molecule has 1 aliphatic heterocycles. The Morgan fingerprint density at radius 3 is 2.22 bits per heavy atom. The van der Waals surface area contributed by atoms with E-state index in [0.717, 1.165) is 34.1 Å². The number of hydrogen-bond donors (Lipinski definition) is 1. The number of nitrogens with zero attached hydrogens (tertiary/aromatic N) is 2. The molecule has 1 heterocycles. The van der Waals surface area contributed by atoms with Crippen molar-refractivity contribution in [2.45, 2.75) is 44.6 Å². The van der Waals surface area contributed by atoms with Gasteiger partial charge in [-0.25, -0.2) is 8.42 Å². The number of rotatable bonds is 9. The van der Waals surface area contributed by atoms with Gasteiger partial charge >= 0.3 is 0 Å². The highest BCUT2D eigenvalue weighted by Gasteiger charge is 2.29. The molecular weight excluding hydrogens is 486 g/mol. The molecule has 0 saturated carbocycles. The third-order valence-corrected chi connectivity index (χ3v) is 8.42. The van der Waals surface area contributed by atoms with Crippen molar-refractivity contribution in [1.82, 2.24) is 5.32 Å². The van der Waals surface area contributed by atoms with Crippen molar-refractivity contribution < 1.29 is 17.9 Å². The Morgan fingerprint density at radius 2 is 1.57 bits per heavy atom. The summed E-state index contributed by atoms with van der Waals surface area (Å²) in [6, 6.07) is 20.1. The van der Waals surface area contributed by atoms with Gasteiger partial charge in [0.2, 0.25) is 5.91 Å². The second-order valence-corrected chi connectivity index (χ2v) is 11.4. The minimum atomic E-state index is -4.03. The average molecular weight is 522 g/mol. The van der Waals surface area contributed by atoms with E-state index in [2.05, 4.69) is 22.3 Å². The predicted molar refractivity (Wildman–Crippen MR) is 148 cm³/mol. The Morgan fingerprint density at radius 1 is 0.919 bits per heavy atom. The van der Waals surface area contributed by atoms with Crippen LogP contribution in [0.1, 0.15) is 36.0 Å². The maximum Gasteiger partial charge on any atom is 0.264 e. The van der Waals surface area contributed by atoms with E-state index in [0.29, 0.717) is 18.0 Å². The van der Waals surface area contributed by atoms with Crippen LogP contribution in [0.4, 0.5) is 11.4 Å². The number of sulfonamides is 1. The van der Waals surface area contributed by atoms with Gasteiger partial charge in [-0.15, -0.1) is 0 Å². The zero-order valence-corrected chi connectivity index (χ0v) is 22.6. The first-order valence-electron chi connectivity index (χ1n) is 12.6. The van der Waals surface area contributed by atoms with Crippen molar-refractivity contribution in [3.63, 3.8) is 0 Å². The van der Waals surface area contributed by atoms with Crippen LogP contribution in [0, 0.1) is 13.8 Å². The van der Waals surface area contributed by atoms with E-state index in [1.54, 1.807) is 36.4 Å². The number of amides is 1. The van der Waals surface area contributed by atoms with Crippen molar-refractivity contribution in [1.29, 1.82) is 0 Å². The molecule has 8 heteroatoms. The van der Waals surface area contributed by atoms with Gasteiger partial charge in [0.1, 0.15) is 12.3 Å². The summed E-state index contributed by atoms with van der Waals surface area (Å²) in [5.74, 6) is -0.0262. The maximum atomic E-state index is 13.7. The molecule has 0 radical (unpaired) electrons. The highest BCUT2D eigenvalue weighted by molar-refractivity contribution is 7.92. The quantitative estimate of drug-likeness (QED) is 0.437. The van der Waals surface area contributed by atoms with E-state index in [1.165, 1.54) is 32.1 Å². The van der Waals surface area contributed by atoms with Crippen LogP contribution in [-0.4, -0.2) is 41.1 Å². The van der Waals surface area contributed by atoms with Crippen LogP contribution in [0.25, 0.3) is 0 Å². The largest absolute Gasteiger partial charge is 0.495 e. The van der Waals surface area contributed by atoms with Crippen molar-refractivity contribution in [2.24, 2.45) is 0 Å². The molecule has 3 aromatic rings. The van der Waals surface area contributed by atoms with Crippen molar-refractivity contribution in [3.05, 3.63) is 83.4 Å². The Hall–Kier alpha value is -3.52. The molecule has 1 N–H and O–H groups in total. The van der Waals surface area contributed by atoms with Gasteiger partial charge in [-0.05, 0) is 80.6 Å². The van der Waals surface area contributed by atoms with Gasteiger partial charge in [0.15, 0.2) is 0 Å². The summed E-state index contributed by atoms with van der Waals surface area (Å²) < 4.78 is 34.0. The van der Waals surface area contributed by atoms with Crippen molar-refractivity contribution in [2.75, 3.05) is 35.9 Å². The lowest BCUT2D eigenvalue weighted by Gasteiger charge is -2.29. The van der Waals surface area contributed by atoms with E-state index in [9.17, 15) is 13.2 Å².